The van der Waals surface area contributed by atoms with Gasteiger partial charge in [0.05, 0.1) is 16.8 Å². The van der Waals surface area contributed by atoms with E-state index < -0.39 is 0 Å². The van der Waals surface area contributed by atoms with Crippen LogP contribution in [-0.4, -0.2) is 16.4 Å². The molecule has 4 saturated carbocycles. The SMILES string of the molecule is CC12CCC(NC(=O)c3c(C4CC4)c(-c4ccccc4)nc4ccc(Br)cc34)(CC1)CC2. The number of hydrogen-bond donors (Lipinski definition) is 1. The quantitative estimate of drug-likeness (QED) is 0.415. The van der Waals surface area contributed by atoms with Gasteiger partial charge in [-0.3, -0.25) is 4.79 Å². The van der Waals surface area contributed by atoms with Gasteiger partial charge < -0.3 is 5.32 Å². The van der Waals surface area contributed by atoms with Crippen LogP contribution in [0, 0.1) is 5.41 Å². The molecule has 0 unspecified atom stereocenters. The topological polar surface area (TPSA) is 42.0 Å². The highest BCUT2D eigenvalue weighted by Gasteiger charge is 2.47. The zero-order chi connectivity index (χ0) is 21.9. The van der Waals surface area contributed by atoms with E-state index in [1.165, 1.54) is 19.3 Å². The number of aromatic nitrogens is 1. The van der Waals surface area contributed by atoms with Gasteiger partial charge in [-0.2, -0.15) is 0 Å². The van der Waals surface area contributed by atoms with Gasteiger partial charge in [-0.05, 0) is 86.5 Å². The van der Waals surface area contributed by atoms with Crippen LogP contribution in [0.2, 0.25) is 0 Å². The van der Waals surface area contributed by atoms with Crippen molar-refractivity contribution in [2.75, 3.05) is 0 Å². The molecule has 2 aromatic carbocycles. The summed E-state index contributed by atoms with van der Waals surface area (Å²) in [4.78, 5) is 19.2. The number of benzene rings is 2. The Bertz CT molecular complexity index is 1190. The first-order valence-corrected chi connectivity index (χ1v) is 12.8. The summed E-state index contributed by atoms with van der Waals surface area (Å²) in [6.07, 6.45) is 9.24. The third-order valence-corrected chi connectivity index (χ3v) is 8.74. The normalized spacial score (nSPS) is 26.9. The van der Waals surface area contributed by atoms with Gasteiger partial charge in [-0.25, -0.2) is 4.98 Å². The highest BCUT2D eigenvalue weighted by atomic mass is 79.9. The minimum absolute atomic E-state index is 0.0375. The number of nitrogens with one attached hydrogen (secondary N) is 1. The minimum atomic E-state index is -0.0375. The summed E-state index contributed by atoms with van der Waals surface area (Å²) in [6.45, 7) is 2.42. The van der Waals surface area contributed by atoms with Crippen LogP contribution >= 0.6 is 15.9 Å². The average Bonchev–Trinajstić information content (AvgIpc) is 3.65. The largest absolute Gasteiger partial charge is 0.347 e. The number of pyridine rings is 1. The summed E-state index contributed by atoms with van der Waals surface area (Å²) in [5.74, 6) is 0.514. The van der Waals surface area contributed by atoms with Crippen LogP contribution in [0.3, 0.4) is 0 Å². The maximum Gasteiger partial charge on any atom is 0.252 e. The first-order chi connectivity index (χ1) is 15.5. The van der Waals surface area contributed by atoms with Gasteiger partial charge in [0.2, 0.25) is 0 Å². The molecule has 1 amide bonds. The second-order valence-corrected chi connectivity index (χ2v) is 11.5. The fourth-order valence-electron chi connectivity index (χ4n) is 5.94. The monoisotopic (exact) mass is 488 g/mol. The first-order valence-electron chi connectivity index (χ1n) is 12.0. The molecule has 1 heterocycles. The molecular formula is C28H29BrN2O. The van der Waals surface area contributed by atoms with Crippen LogP contribution in [0.15, 0.2) is 53.0 Å². The lowest BCUT2D eigenvalue weighted by molar-refractivity contribution is 0.0339. The van der Waals surface area contributed by atoms with Gasteiger partial charge in [-0.15, -0.1) is 0 Å². The standard InChI is InChI=1S/C28H29BrN2O/c1-27-11-14-28(15-12-27,16-13-27)31-26(32)24-21-17-20(29)9-10-22(21)30-25(23(24)18-7-8-18)19-5-3-2-4-6-19/h2-6,9-10,17-18H,7-8,11-16H2,1H3,(H,31,32). The first kappa shape index (κ1) is 20.4. The van der Waals surface area contributed by atoms with E-state index in [9.17, 15) is 4.79 Å². The van der Waals surface area contributed by atoms with E-state index in [1.54, 1.807) is 0 Å². The second-order valence-electron chi connectivity index (χ2n) is 10.6. The maximum absolute atomic E-state index is 14.1. The number of rotatable bonds is 4. The summed E-state index contributed by atoms with van der Waals surface area (Å²) in [6, 6.07) is 16.5. The summed E-state index contributed by atoms with van der Waals surface area (Å²) in [7, 11) is 0. The summed E-state index contributed by atoms with van der Waals surface area (Å²) in [5, 5.41) is 4.55. The van der Waals surface area contributed by atoms with Crippen molar-refractivity contribution >= 4 is 32.7 Å². The molecule has 0 atom stereocenters. The number of nitrogens with zero attached hydrogens (tertiary/aromatic N) is 1. The molecule has 1 aromatic heterocycles. The van der Waals surface area contributed by atoms with Gasteiger partial charge in [0.25, 0.3) is 5.91 Å². The molecule has 0 spiro atoms. The molecule has 2 bridgehead atoms. The van der Waals surface area contributed by atoms with Crippen LogP contribution in [0.1, 0.15) is 80.1 Å². The molecule has 4 aliphatic carbocycles. The van der Waals surface area contributed by atoms with E-state index in [2.05, 4.69) is 58.5 Å². The molecular weight excluding hydrogens is 460 g/mol. The lowest BCUT2D eigenvalue weighted by Gasteiger charge is -2.52. The van der Waals surface area contributed by atoms with Crippen molar-refractivity contribution in [2.45, 2.75) is 69.7 Å². The van der Waals surface area contributed by atoms with Crippen molar-refractivity contribution in [3.05, 3.63) is 64.1 Å². The molecule has 7 rings (SSSR count). The van der Waals surface area contributed by atoms with Gasteiger partial charge >= 0.3 is 0 Å². The summed E-state index contributed by atoms with van der Waals surface area (Å²) >= 11 is 3.63. The van der Waals surface area contributed by atoms with E-state index in [0.29, 0.717) is 11.3 Å². The number of amides is 1. The van der Waals surface area contributed by atoms with Crippen LogP contribution in [-0.2, 0) is 0 Å². The smallest absolute Gasteiger partial charge is 0.252 e. The third-order valence-electron chi connectivity index (χ3n) is 8.24. The summed E-state index contributed by atoms with van der Waals surface area (Å²) < 4.78 is 0.985. The van der Waals surface area contributed by atoms with Crippen molar-refractivity contribution in [1.82, 2.24) is 10.3 Å². The fraction of sp³-hybridized carbons (Fsp3) is 0.429. The van der Waals surface area contributed by atoms with Crippen LogP contribution in [0.25, 0.3) is 22.2 Å². The third kappa shape index (κ3) is 3.48. The zero-order valence-electron chi connectivity index (χ0n) is 18.6. The van der Waals surface area contributed by atoms with Crippen molar-refractivity contribution in [3.8, 4) is 11.3 Å². The molecule has 32 heavy (non-hydrogen) atoms. The average molecular weight is 489 g/mol. The predicted octanol–water partition coefficient (Wildman–Crippen LogP) is 7.38. The molecule has 4 fully saturated rings. The van der Waals surface area contributed by atoms with Gasteiger partial charge in [0, 0.05) is 21.0 Å². The minimum Gasteiger partial charge on any atom is -0.347 e. The molecule has 0 saturated heterocycles. The van der Waals surface area contributed by atoms with Crippen molar-refractivity contribution in [3.63, 3.8) is 0 Å². The Morgan fingerprint density at radius 2 is 1.69 bits per heavy atom. The lowest BCUT2D eigenvalue weighted by Crippen LogP contribution is -2.56. The van der Waals surface area contributed by atoms with E-state index in [4.69, 9.17) is 4.98 Å². The van der Waals surface area contributed by atoms with Gasteiger partial charge in [-0.1, -0.05) is 53.2 Å². The van der Waals surface area contributed by atoms with Gasteiger partial charge in [0.15, 0.2) is 0 Å². The van der Waals surface area contributed by atoms with E-state index >= 15 is 0 Å². The number of halogens is 1. The molecule has 4 heteroatoms. The Balaban J connectivity index is 1.51. The Labute approximate surface area is 198 Å². The number of carbonyl (C=O) groups excluding carboxylic acids is 1. The van der Waals surface area contributed by atoms with Crippen molar-refractivity contribution < 1.29 is 4.79 Å². The molecule has 3 aromatic rings. The molecule has 4 aliphatic rings. The molecule has 0 aliphatic heterocycles. The zero-order valence-corrected chi connectivity index (χ0v) is 20.2. The number of hydrogen-bond acceptors (Lipinski definition) is 2. The molecule has 1 N–H and O–H groups in total. The molecule has 0 radical (unpaired) electrons. The fourth-order valence-corrected chi connectivity index (χ4v) is 6.31. The van der Waals surface area contributed by atoms with E-state index in [-0.39, 0.29) is 11.4 Å². The van der Waals surface area contributed by atoms with Crippen molar-refractivity contribution in [1.29, 1.82) is 0 Å². The molecule has 164 valence electrons. The van der Waals surface area contributed by atoms with Crippen LogP contribution in [0.5, 0.6) is 0 Å². The van der Waals surface area contributed by atoms with E-state index in [1.807, 2.05) is 18.2 Å². The second kappa shape index (κ2) is 7.41. The van der Waals surface area contributed by atoms with E-state index in [0.717, 1.165) is 69.9 Å². The number of fused-ring (bicyclic) bond motifs is 4. The van der Waals surface area contributed by atoms with Gasteiger partial charge in [0.1, 0.15) is 0 Å². The Morgan fingerprint density at radius 1 is 1.00 bits per heavy atom. The Kier molecular flexibility index (Phi) is 4.73. The van der Waals surface area contributed by atoms with Crippen molar-refractivity contribution in [2.24, 2.45) is 5.41 Å². The number of carbonyl (C=O) groups is 1. The predicted molar refractivity (Wildman–Crippen MR) is 133 cm³/mol. The highest BCUT2D eigenvalue weighted by molar-refractivity contribution is 9.10. The lowest BCUT2D eigenvalue weighted by atomic mass is 9.58. The highest BCUT2D eigenvalue weighted by Crippen LogP contribution is 2.52. The maximum atomic E-state index is 14.1. The Hall–Kier alpha value is -2.20. The van der Waals surface area contributed by atoms with Crippen LogP contribution in [0.4, 0.5) is 0 Å². The molecule has 3 nitrogen and oxygen atoms in total. The Morgan fingerprint density at radius 3 is 2.34 bits per heavy atom. The summed E-state index contributed by atoms with van der Waals surface area (Å²) in [5.41, 5.74) is 5.41. The van der Waals surface area contributed by atoms with Crippen LogP contribution < -0.4 is 5.32 Å².